The molecule has 1 aliphatic rings. The molecule has 2 aromatic rings. The number of rotatable bonds is 3. The zero-order chi connectivity index (χ0) is 16.6. The Hall–Kier alpha value is -2.62. The van der Waals surface area contributed by atoms with Gasteiger partial charge in [-0.1, -0.05) is 48.5 Å². The van der Waals surface area contributed by atoms with Crippen LogP contribution in [0.2, 0.25) is 0 Å². The number of carboxylic acid groups (broad SMARTS) is 1. The Bertz CT molecular complexity index is 752. The highest BCUT2D eigenvalue weighted by atomic mass is 16.4. The Morgan fingerprint density at radius 2 is 1.70 bits per heavy atom. The zero-order valence-corrected chi connectivity index (χ0v) is 13.2. The number of aliphatic carboxylic acids is 1. The summed E-state index contributed by atoms with van der Waals surface area (Å²) in [7, 11) is 0. The second kappa shape index (κ2) is 5.54. The van der Waals surface area contributed by atoms with Crippen LogP contribution in [0.3, 0.4) is 0 Å². The molecule has 0 radical (unpaired) electrons. The van der Waals surface area contributed by atoms with E-state index in [-0.39, 0.29) is 5.91 Å². The normalized spacial score (nSPS) is 19.3. The first kappa shape index (κ1) is 15.3. The highest BCUT2D eigenvalue weighted by Crippen LogP contribution is 2.41. The second-order valence-corrected chi connectivity index (χ2v) is 6.39. The van der Waals surface area contributed by atoms with E-state index in [9.17, 15) is 14.7 Å². The van der Waals surface area contributed by atoms with Crippen LogP contribution in [0.25, 0.3) is 0 Å². The molecule has 0 aliphatic carbocycles. The summed E-state index contributed by atoms with van der Waals surface area (Å²) in [6, 6.07) is 16.6. The average Bonchev–Trinajstić information content (AvgIpc) is 2.52. The van der Waals surface area contributed by atoms with Crippen LogP contribution in [-0.2, 0) is 11.3 Å². The number of hydrogen-bond acceptors (Lipinski definition) is 2. The van der Waals surface area contributed by atoms with Crippen molar-refractivity contribution in [1.29, 1.82) is 0 Å². The third kappa shape index (κ3) is 2.50. The minimum Gasteiger partial charge on any atom is -0.481 e. The molecule has 0 fully saturated rings. The lowest BCUT2D eigenvalue weighted by molar-refractivity contribution is -0.142. The average molecular weight is 309 g/mol. The van der Waals surface area contributed by atoms with E-state index >= 15 is 0 Å². The van der Waals surface area contributed by atoms with E-state index < -0.39 is 17.4 Å². The molecule has 0 saturated carbocycles. The lowest BCUT2D eigenvalue weighted by Crippen LogP contribution is -2.56. The molecule has 23 heavy (non-hydrogen) atoms. The number of carbonyl (C=O) groups is 2. The van der Waals surface area contributed by atoms with Crippen LogP contribution in [0.4, 0.5) is 0 Å². The Morgan fingerprint density at radius 1 is 1.09 bits per heavy atom. The van der Waals surface area contributed by atoms with Gasteiger partial charge in [-0.3, -0.25) is 9.59 Å². The predicted molar refractivity (Wildman–Crippen MR) is 87.2 cm³/mol. The topological polar surface area (TPSA) is 57.6 Å². The van der Waals surface area contributed by atoms with E-state index in [1.54, 1.807) is 29.2 Å². The quantitative estimate of drug-likeness (QED) is 0.946. The number of carboxylic acids is 1. The number of hydrogen-bond donors (Lipinski definition) is 1. The fourth-order valence-electron chi connectivity index (χ4n) is 3.36. The first-order valence-electron chi connectivity index (χ1n) is 7.60. The highest BCUT2D eigenvalue weighted by Gasteiger charge is 2.48. The summed E-state index contributed by atoms with van der Waals surface area (Å²) in [6.07, 6.45) is 0. The van der Waals surface area contributed by atoms with Crippen LogP contribution in [0.1, 0.15) is 41.3 Å². The maximum atomic E-state index is 12.9. The molecule has 0 spiro atoms. The summed E-state index contributed by atoms with van der Waals surface area (Å²) in [4.78, 5) is 26.5. The molecule has 118 valence electrons. The molecule has 4 heteroatoms. The summed E-state index contributed by atoms with van der Waals surface area (Å²) in [5.41, 5.74) is 1.25. The monoisotopic (exact) mass is 309 g/mol. The highest BCUT2D eigenvalue weighted by molar-refractivity contribution is 6.00. The molecule has 3 rings (SSSR count). The fraction of sp³-hybridized carbons (Fsp3) is 0.263. The number of benzene rings is 2. The number of fused-ring (bicyclic) bond motifs is 1. The van der Waals surface area contributed by atoms with Gasteiger partial charge >= 0.3 is 5.97 Å². The van der Waals surface area contributed by atoms with Gasteiger partial charge in [-0.15, -0.1) is 0 Å². The summed E-state index contributed by atoms with van der Waals surface area (Å²) in [5, 5.41) is 9.75. The molecule has 0 aromatic heterocycles. The van der Waals surface area contributed by atoms with Crippen LogP contribution < -0.4 is 0 Å². The lowest BCUT2D eigenvalue weighted by atomic mass is 9.74. The standard InChI is InChI=1S/C19H19NO3/c1-19(2)16(18(22)23)14-10-6-7-11-15(14)17(21)20(19)12-13-8-4-3-5-9-13/h3-11,16H,12H2,1-2H3,(H,22,23). The Balaban J connectivity index is 2.10. The van der Waals surface area contributed by atoms with Crippen LogP contribution in [-0.4, -0.2) is 27.4 Å². The maximum absolute atomic E-state index is 12.9. The van der Waals surface area contributed by atoms with Gasteiger partial charge in [-0.2, -0.15) is 0 Å². The van der Waals surface area contributed by atoms with Crippen molar-refractivity contribution < 1.29 is 14.7 Å². The summed E-state index contributed by atoms with van der Waals surface area (Å²) < 4.78 is 0. The molecule has 4 nitrogen and oxygen atoms in total. The molecule has 0 bridgehead atoms. The summed E-state index contributed by atoms with van der Waals surface area (Å²) in [6.45, 7) is 4.04. The van der Waals surface area contributed by atoms with Crippen LogP contribution in [0.15, 0.2) is 54.6 Å². The fourth-order valence-corrected chi connectivity index (χ4v) is 3.36. The van der Waals surface area contributed by atoms with Crippen molar-refractivity contribution in [2.75, 3.05) is 0 Å². The first-order valence-corrected chi connectivity index (χ1v) is 7.60. The Kier molecular flexibility index (Phi) is 3.68. The van der Waals surface area contributed by atoms with Crippen LogP contribution >= 0.6 is 0 Å². The van der Waals surface area contributed by atoms with Gasteiger partial charge in [0.15, 0.2) is 0 Å². The van der Waals surface area contributed by atoms with E-state index in [0.717, 1.165) is 5.56 Å². The molecule has 1 unspecified atom stereocenters. The lowest BCUT2D eigenvalue weighted by Gasteiger charge is -2.46. The molecule has 1 heterocycles. The number of amides is 1. The molecular formula is C19H19NO3. The predicted octanol–water partition coefficient (Wildman–Crippen LogP) is 3.29. The Morgan fingerprint density at radius 3 is 2.35 bits per heavy atom. The zero-order valence-electron chi connectivity index (χ0n) is 13.2. The van der Waals surface area contributed by atoms with Gasteiger partial charge in [0.2, 0.25) is 0 Å². The van der Waals surface area contributed by atoms with E-state index in [2.05, 4.69) is 0 Å². The first-order chi connectivity index (χ1) is 10.9. The Labute approximate surface area is 135 Å². The minimum atomic E-state index is -0.909. The molecule has 1 N–H and O–H groups in total. The molecule has 2 aromatic carbocycles. The number of nitrogens with zero attached hydrogens (tertiary/aromatic N) is 1. The second-order valence-electron chi connectivity index (χ2n) is 6.39. The van der Waals surface area contributed by atoms with Crippen molar-refractivity contribution in [3.8, 4) is 0 Å². The van der Waals surface area contributed by atoms with E-state index in [0.29, 0.717) is 17.7 Å². The van der Waals surface area contributed by atoms with Crippen molar-refractivity contribution >= 4 is 11.9 Å². The molecule has 1 amide bonds. The van der Waals surface area contributed by atoms with Crippen molar-refractivity contribution in [3.63, 3.8) is 0 Å². The van der Waals surface area contributed by atoms with E-state index in [1.165, 1.54) is 0 Å². The minimum absolute atomic E-state index is 0.119. The SMILES string of the molecule is CC1(C)C(C(=O)O)c2ccccc2C(=O)N1Cc1ccccc1. The molecule has 1 atom stereocenters. The summed E-state index contributed by atoms with van der Waals surface area (Å²) in [5.74, 6) is -1.78. The molecule has 1 aliphatic heterocycles. The van der Waals surface area contributed by atoms with Gasteiger partial charge in [0, 0.05) is 12.1 Å². The van der Waals surface area contributed by atoms with Gasteiger partial charge in [0.25, 0.3) is 5.91 Å². The third-order valence-corrected chi connectivity index (χ3v) is 4.58. The maximum Gasteiger partial charge on any atom is 0.313 e. The van der Waals surface area contributed by atoms with Crippen molar-refractivity contribution in [2.45, 2.75) is 31.8 Å². The van der Waals surface area contributed by atoms with Gasteiger partial charge in [0.1, 0.15) is 5.92 Å². The molecule has 0 saturated heterocycles. The smallest absolute Gasteiger partial charge is 0.313 e. The third-order valence-electron chi connectivity index (χ3n) is 4.58. The van der Waals surface area contributed by atoms with Gasteiger partial charge in [-0.05, 0) is 31.0 Å². The largest absolute Gasteiger partial charge is 0.481 e. The van der Waals surface area contributed by atoms with Crippen LogP contribution in [0, 0.1) is 0 Å². The summed E-state index contributed by atoms with van der Waals surface area (Å²) >= 11 is 0. The van der Waals surface area contributed by atoms with Crippen molar-refractivity contribution in [2.24, 2.45) is 0 Å². The number of carbonyl (C=O) groups excluding carboxylic acids is 1. The van der Waals surface area contributed by atoms with E-state index in [4.69, 9.17) is 0 Å². The van der Waals surface area contributed by atoms with Gasteiger partial charge in [-0.25, -0.2) is 0 Å². The van der Waals surface area contributed by atoms with Gasteiger partial charge < -0.3 is 10.0 Å². The van der Waals surface area contributed by atoms with E-state index in [1.807, 2.05) is 44.2 Å². The van der Waals surface area contributed by atoms with Gasteiger partial charge in [0.05, 0.1) is 5.54 Å². The van der Waals surface area contributed by atoms with Crippen molar-refractivity contribution in [3.05, 3.63) is 71.3 Å². The van der Waals surface area contributed by atoms with Crippen LogP contribution in [0.5, 0.6) is 0 Å². The molecular weight excluding hydrogens is 290 g/mol. The van der Waals surface area contributed by atoms with Crippen molar-refractivity contribution in [1.82, 2.24) is 4.90 Å².